The van der Waals surface area contributed by atoms with Crippen LogP contribution in [0, 0.1) is 11.3 Å². The van der Waals surface area contributed by atoms with E-state index in [9.17, 15) is 14.7 Å². The average molecular weight is 259 g/mol. The van der Waals surface area contributed by atoms with E-state index in [0.717, 1.165) is 5.75 Å². The molecule has 98 valence electrons. The Bertz CT molecular complexity index is 304. The fourth-order valence-electron chi connectivity index (χ4n) is 1.92. The lowest BCUT2D eigenvalue weighted by molar-refractivity contribution is -0.129. The van der Waals surface area contributed by atoms with Gasteiger partial charge in [-0.3, -0.25) is 9.59 Å². The number of thioether (sulfide) groups is 1. The molecule has 1 saturated heterocycles. The van der Waals surface area contributed by atoms with Crippen LogP contribution in [0.3, 0.4) is 0 Å². The molecule has 0 spiro atoms. The summed E-state index contributed by atoms with van der Waals surface area (Å²) < 4.78 is 0. The zero-order valence-electron chi connectivity index (χ0n) is 10.7. The summed E-state index contributed by atoms with van der Waals surface area (Å²) in [6.45, 7) is 6.81. The van der Waals surface area contributed by atoms with Crippen LogP contribution in [0.25, 0.3) is 0 Å². The van der Waals surface area contributed by atoms with Crippen LogP contribution in [0.15, 0.2) is 0 Å². The van der Waals surface area contributed by atoms with Gasteiger partial charge in [0.1, 0.15) is 0 Å². The van der Waals surface area contributed by atoms with Crippen LogP contribution in [0.1, 0.15) is 27.2 Å². The molecule has 0 aliphatic carbocycles. The lowest BCUT2D eigenvalue weighted by Crippen LogP contribution is -2.37. The Kier molecular flexibility index (Phi) is 5.01. The molecule has 0 bridgehead atoms. The second-order valence-corrected chi connectivity index (χ2v) is 6.67. The second-order valence-electron chi connectivity index (χ2n) is 5.47. The van der Waals surface area contributed by atoms with E-state index in [0.29, 0.717) is 19.5 Å². The zero-order valence-corrected chi connectivity index (χ0v) is 11.5. The summed E-state index contributed by atoms with van der Waals surface area (Å²) >= 11 is 1.29. The van der Waals surface area contributed by atoms with E-state index < -0.39 is 0 Å². The first-order valence-electron chi connectivity index (χ1n) is 5.86. The summed E-state index contributed by atoms with van der Waals surface area (Å²) in [7, 11) is 0. The third-order valence-electron chi connectivity index (χ3n) is 2.86. The summed E-state index contributed by atoms with van der Waals surface area (Å²) in [5.74, 6) is 1.13. The van der Waals surface area contributed by atoms with Crippen LogP contribution in [-0.2, 0) is 9.59 Å². The fourth-order valence-corrected chi connectivity index (χ4v) is 2.61. The monoisotopic (exact) mass is 259 g/mol. The Hall–Kier alpha value is -0.550. The van der Waals surface area contributed by atoms with Crippen molar-refractivity contribution in [3.05, 3.63) is 0 Å². The Balaban J connectivity index is 2.44. The smallest absolute Gasteiger partial charge is 0.222 e. The molecule has 1 N–H and O–H groups in total. The Morgan fingerprint density at radius 3 is 2.76 bits per heavy atom. The molecule has 17 heavy (non-hydrogen) atoms. The first-order valence-corrected chi connectivity index (χ1v) is 6.84. The van der Waals surface area contributed by atoms with Crippen LogP contribution in [0.4, 0.5) is 0 Å². The van der Waals surface area contributed by atoms with Crippen LogP contribution in [0.5, 0.6) is 0 Å². The number of rotatable bonds is 5. The van der Waals surface area contributed by atoms with Crippen molar-refractivity contribution in [3.63, 3.8) is 0 Å². The van der Waals surface area contributed by atoms with Gasteiger partial charge in [0.25, 0.3) is 0 Å². The van der Waals surface area contributed by atoms with Crippen molar-refractivity contribution >= 4 is 22.8 Å². The summed E-state index contributed by atoms with van der Waals surface area (Å²) in [4.78, 5) is 24.5. The lowest BCUT2D eigenvalue weighted by Gasteiger charge is -2.28. The van der Waals surface area contributed by atoms with Crippen molar-refractivity contribution < 1.29 is 14.7 Å². The van der Waals surface area contributed by atoms with E-state index >= 15 is 0 Å². The van der Waals surface area contributed by atoms with Crippen molar-refractivity contribution in [2.24, 2.45) is 11.3 Å². The number of nitrogens with zero attached hydrogens (tertiary/aromatic N) is 1. The SMILES string of the molecule is CC(=O)SCC1CC(=O)N(CC(C)(C)CO)C1. The molecular formula is C12H21NO3S. The fraction of sp³-hybridized carbons (Fsp3) is 0.833. The topological polar surface area (TPSA) is 57.6 Å². The highest BCUT2D eigenvalue weighted by Gasteiger charge is 2.33. The van der Waals surface area contributed by atoms with Gasteiger partial charge in [0.15, 0.2) is 5.12 Å². The number of aliphatic hydroxyl groups excluding tert-OH is 1. The molecule has 4 nitrogen and oxygen atoms in total. The standard InChI is InChI=1S/C12H21NO3S/c1-9(15)17-6-10-4-11(16)13(5-10)7-12(2,3)8-14/h10,14H,4-8H2,1-3H3. The summed E-state index contributed by atoms with van der Waals surface area (Å²) in [6, 6.07) is 0. The maximum Gasteiger partial charge on any atom is 0.222 e. The number of hydrogen-bond donors (Lipinski definition) is 1. The molecule has 5 heteroatoms. The van der Waals surface area contributed by atoms with Crippen molar-refractivity contribution in [2.45, 2.75) is 27.2 Å². The van der Waals surface area contributed by atoms with E-state index in [-0.39, 0.29) is 29.0 Å². The van der Waals surface area contributed by atoms with Crippen LogP contribution in [0.2, 0.25) is 0 Å². The summed E-state index contributed by atoms with van der Waals surface area (Å²) in [6.07, 6.45) is 0.530. The van der Waals surface area contributed by atoms with E-state index in [4.69, 9.17) is 0 Å². The highest BCUT2D eigenvalue weighted by Crippen LogP contribution is 2.25. The number of aliphatic hydroxyl groups is 1. The molecule has 1 aliphatic heterocycles. The number of carbonyl (C=O) groups is 2. The number of hydrogen-bond acceptors (Lipinski definition) is 4. The molecule has 1 rings (SSSR count). The van der Waals surface area contributed by atoms with Gasteiger partial charge < -0.3 is 10.0 Å². The van der Waals surface area contributed by atoms with E-state index in [1.165, 1.54) is 11.8 Å². The molecule has 0 aromatic rings. The van der Waals surface area contributed by atoms with E-state index in [2.05, 4.69) is 0 Å². The first-order chi connectivity index (χ1) is 7.84. The first kappa shape index (κ1) is 14.5. The van der Waals surface area contributed by atoms with Gasteiger partial charge in [-0.15, -0.1) is 0 Å². The van der Waals surface area contributed by atoms with Gasteiger partial charge in [-0.2, -0.15) is 0 Å². The highest BCUT2D eigenvalue weighted by molar-refractivity contribution is 8.13. The van der Waals surface area contributed by atoms with Gasteiger partial charge in [0.05, 0.1) is 0 Å². The minimum atomic E-state index is -0.252. The third kappa shape index (κ3) is 4.68. The maximum absolute atomic E-state index is 11.8. The van der Waals surface area contributed by atoms with Gasteiger partial charge in [0, 0.05) is 44.2 Å². The lowest BCUT2D eigenvalue weighted by atomic mass is 9.94. The minimum Gasteiger partial charge on any atom is -0.396 e. The predicted molar refractivity (Wildman–Crippen MR) is 68.7 cm³/mol. The van der Waals surface area contributed by atoms with Crippen LogP contribution in [-0.4, -0.2) is 46.5 Å². The Morgan fingerprint density at radius 2 is 2.24 bits per heavy atom. The highest BCUT2D eigenvalue weighted by atomic mass is 32.2. The van der Waals surface area contributed by atoms with Crippen molar-refractivity contribution in [1.82, 2.24) is 4.90 Å². The predicted octanol–water partition coefficient (Wildman–Crippen LogP) is 1.13. The normalized spacial score (nSPS) is 21.1. The largest absolute Gasteiger partial charge is 0.396 e. The van der Waals surface area contributed by atoms with Gasteiger partial charge >= 0.3 is 0 Å². The molecule has 1 amide bonds. The van der Waals surface area contributed by atoms with Gasteiger partial charge in [-0.25, -0.2) is 0 Å². The Labute approximate surface area is 107 Å². The van der Waals surface area contributed by atoms with Crippen molar-refractivity contribution in [1.29, 1.82) is 0 Å². The van der Waals surface area contributed by atoms with Gasteiger partial charge in [-0.05, 0) is 5.92 Å². The molecule has 0 aromatic heterocycles. The summed E-state index contributed by atoms with van der Waals surface area (Å²) in [5, 5.41) is 9.30. The number of carbonyl (C=O) groups excluding carboxylic acids is 2. The molecule has 1 aliphatic rings. The molecule has 1 fully saturated rings. The maximum atomic E-state index is 11.8. The van der Waals surface area contributed by atoms with Crippen LogP contribution < -0.4 is 0 Å². The number of amides is 1. The quantitative estimate of drug-likeness (QED) is 0.804. The van der Waals surface area contributed by atoms with Gasteiger partial charge in [-0.1, -0.05) is 25.6 Å². The molecule has 0 saturated carbocycles. The third-order valence-corrected chi connectivity index (χ3v) is 3.91. The molecule has 0 radical (unpaired) electrons. The van der Waals surface area contributed by atoms with Gasteiger partial charge in [0.2, 0.25) is 5.91 Å². The van der Waals surface area contributed by atoms with Crippen LogP contribution >= 0.6 is 11.8 Å². The van der Waals surface area contributed by atoms with Crippen molar-refractivity contribution in [3.8, 4) is 0 Å². The molecule has 0 aromatic carbocycles. The molecular weight excluding hydrogens is 238 g/mol. The molecule has 1 heterocycles. The molecule has 1 atom stereocenters. The van der Waals surface area contributed by atoms with Crippen molar-refractivity contribution in [2.75, 3.05) is 25.4 Å². The number of likely N-dealkylation sites (tertiary alicyclic amines) is 1. The van der Waals surface area contributed by atoms with E-state index in [1.807, 2.05) is 18.7 Å². The summed E-state index contributed by atoms with van der Waals surface area (Å²) in [5.41, 5.74) is -0.252. The zero-order chi connectivity index (χ0) is 13.1. The molecule has 1 unspecified atom stereocenters. The average Bonchev–Trinajstić information content (AvgIpc) is 2.56. The minimum absolute atomic E-state index is 0.0731. The second kappa shape index (κ2) is 5.87. The van der Waals surface area contributed by atoms with E-state index in [1.54, 1.807) is 6.92 Å². The Morgan fingerprint density at radius 1 is 1.59 bits per heavy atom.